The van der Waals surface area contributed by atoms with Gasteiger partial charge in [0.2, 0.25) is 0 Å². The van der Waals surface area contributed by atoms with Gasteiger partial charge in [-0.25, -0.2) is 0 Å². The summed E-state index contributed by atoms with van der Waals surface area (Å²) in [6, 6.07) is 6.29. The molecule has 1 atom stereocenters. The van der Waals surface area contributed by atoms with E-state index >= 15 is 0 Å². The molecule has 2 rings (SSSR count). The molecular weight excluding hydrogens is 232 g/mol. The fourth-order valence-corrected chi connectivity index (χ4v) is 1.59. The van der Waals surface area contributed by atoms with Crippen LogP contribution in [-0.2, 0) is 0 Å². The lowest BCUT2D eigenvalue weighted by Crippen LogP contribution is -2.19. The maximum absolute atomic E-state index is 10.5. The predicted octanol–water partition coefficient (Wildman–Crippen LogP) is 1.76. The van der Waals surface area contributed by atoms with Crippen LogP contribution in [0.2, 0.25) is 0 Å². The average Bonchev–Trinajstić information content (AvgIpc) is 2.71. The first kappa shape index (κ1) is 12.7. The van der Waals surface area contributed by atoms with Crippen LogP contribution in [0.5, 0.6) is 5.75 Å². The van der Waals surface area contributed by atoms with Crippen LogP contribution in [-0.4, -0.2) is 24.1 Å². The molecule has 0 bridgehead atoms. The number of benzene rings is 1. The van der Waals surface area contributed by atoms with Crippen molar-refractivity contribution in [2.75, 3.05) is 13.1 Å². The van der Waals surface area contributed by atoms with Gasteiger partial charge in [0.25, 0.3) is 5.69 Å². The van der Waals surface area contributed by atoms with Crippen molar-refractivity contribution in [1.29, 1.82) is 0 Å². The second-order valence-electron chi connectivity index (χ2n) is 3.49. The molecule has 1 aromatic carbocycles. The van der Waals surface area contributed by atoms with Crippen LogP contribution in [0.4, 0.5) is 5.69 Å². The Morgan fingerprint density at radius 3 is 2.94 bits per heavy atom. The molecule has 1 unspecified atom stereocenters. The van der Waals surface area contributed by atoms with Crippen molar-refractivity contribution in [3.05, 3.63) is 34.4 Å². The van der Waals surface area contributed by atoms with Crippen LogP contribution >= 0.6 is 12.4 Å². The Morgan fingerprint density at radius 2 is 2.31 bits per heavy atom. The van der Waals surface area contributed by atoms with E-state index in [4.69, 9.17) is 4.74 Å². The second kappa shape index (κ2) is 5.67. The van der Waals surface area contributed by atoms with Gasteiger partial charge in [-0.1, -0.05) is 6.07 Å². The van der Waals surface area contributed by atoms with Gasteiger partial charge in [-0.05, 0) is 19.0 Å². The van der Waals surface area contributed by atoms with Gasteiger partial charge in [-0.3, -0.25) is 10.1 Å². The maximum atomic E-state index is 10.5. The van der Waals surface area contributed by atoms with Gasteiger partial charge in [0, 0.05) is 12.6 Å². The van der Waals surface area contributed by atoms with Crippen molar-refractivity contribution >= 4 is 18.1 Å². The van der Waals surface area contributed by atoms with Gasteiger partial charge >= 0.3 is 0 Å². The van der Waals surface area contributed by atoms with Crippen LogP contribution in [0.1, 0.15) is 6.42 Å². The molecular formula is C10H13ClN2O3. The lowest BCUT2D eigenvalue weighted by Gasteiger charge is -2.11. The van der Waals surface area contributed by atoms with E-state index in [9.17, 15) is 10.1 Å². The number of hydrogen-bond donors (Lipinski definition) is 1. The number of nitrogens with zero attached hydrogens (tertiary/aromatic N) is 1. The summed E-state index contributed by atoms with van der Waals surface area (Å²) < 4.78 is 5.60. The molecule has 0 saturated carbocycles. The quantitative estimate of drug-likeness (QED) is 0.650. The highest BCUT2D eigenvalue weighted by Gasteiger charge is 2.16. The Labute approximate surface area is 99.4 Å². The summed E-state index contributed by atoms with van der Waals surface area (Å²) in [6.45, 7) is 1.75. The van der Waals surface area contributed by atoms with Crippen LogP contribution in [0, 0.1) is 10.1 Å². The van der Waals surface area contributed by atoms with Gasteiger partial charge < -0.3 is 10.1 Å². The molecule has 5 nitrogen and oxygen atoms in total. The molecule has 0 aliphatic carbocycles. The highest BCUT2D eigenvalue weighted by atomic mass is 35.5. The van der Waals surface area contributed by atoms with Crippen molar-refractivity contribution < 1.29 is 9.66 Å². The number of nitro benzene ring substituents is 1. The van der Waals surface area contributed by atoms with Gasteiger partial charge in [0.15, 0.2) is 0 Å². The number of ether oxygens (including phenoxy) is 1. The minimum Gasteiger partial charge on any atom is -0.489 e. The largest absolute Gasteiger partial charge is 0.489 e. The van der Waals surface area contributed by atoms with Crippen molar-refractivity contribution in [3.8, 4) is 5.75 Å². The lowest BCUT2D eigenvalue weighted by molar-refractivity contribution is -0.384. The summed E-state index contributed by atoms with van der Waals surface area (Å²) in [5.41, 5.74) is 0.0680. The number of nitro groups is 1. The van der Waals surface area contributed by atoms with Crippen molar-refractivity contribution in [3.63, 3.8) is 0 Å². The highest BCUT2D eigenvalue weighted by molar-refractivity contribution is 5.85. The fourth-order valence-electron chi connectivity index (χ4n) is 1.59. The summed E-state index contributed by atoms with van der Waals surface area (Å²) >= 11 is 0. The minimum atomic E-state index is -0.417. The summed E-state index contributed by atoms with van der Waals surface area (Å²) in [5.74, 6) is 0.568. The zero-order valence-corrected chi connectivity index (χ0v) is 9.40. The van der Waals surface area contributed by atoms with Crippen LogP contribution < -0.4 is 10.1 Å². The monoisotopic (exact) mass is 244 g/mol. The molecule has 0 spiro atoms. The molecule has 1 aliphatic rings. The highest BCUT2D eigenvalue weighted by Crippen LogP contribution is 2.21. The SMILES string of the molecule is Cl.O=[N+]([O-])c1cccc(OC2CCNC2)c1. The maximum Gasteiger partial charge on any atom is 0.273 e. The van der Waals surface area contributed by atoms with Gasteiger partial charge in [0.05, 0.1) is 11.0 Å². The second-order valence-corrected chi connectivity index (χ2v) is 3.49. The smallest absolute Gasteiger partial charge is 0.273 e. The molecule has 16 heavy (non-hydrogen) atoms. The third-order valence-corrected chi connectivity index (χ3v) is 2.35. The first-order chi connectivity index (χ1) is 7.25. The fraction of sp³-hybridized carbons (Fsp3) is 0.400. The number of hydrogen-bond acceptors (Lipinski definition) is 4. The first-order valence-corrected chi connectivity index (χ1v) is 4.87. The van der Waals surface area contributed by atoms with Gasteiger partial charge in [-0.15, -0.1) is 12.4 Å². The Balaban J connectivity index is 0.00000128. The summed E-state index contributed by atoms with van der Waals surface area (Å²) in [7, 11) is 0. The molecule has 0 aromatic heterocycles. The van der Waals surface area contributed by atoms with E-state index < -0.39 is 4.92 Å². The van der Waals surface area contributed by atoms with Crippen LogP contribution in [0.15, 0.2) is 24.3 Å². The number of nitrogens with one attached hydrogen (secondary N) is 1. The summed E-state index contributed by atoms with van der Waals surface area (Å²) in [5, 5.41) is 13.7. The molecule has 0 amide bonds. The summed E-state index contributed by atoms with van der Waals surface area (Å²) in [4.78, 5) is 10.1. The lowest BCUT2D eigenvalue weighted by atomic mass is 10.3. The predicted molar refractivity (Wildman–Crippen MR) is 62.2 cm³/mol. The number of halogens is 1. The molecule has 1 aromatic rings. The molecule has 1 heterocycles. The summed E-state index contributed by atoms with van der Waals surface area (Å²) in [6.07, 6.45) is 1.08. The zero-order valence-electron chi connectivity index (χ0n) is 8.59. The molecule has 1 saturated heterocycles. The Hall–Kier alpha value is -1.33. The van der Waals surface area contributed by atoms with E-state index in [-0.39, 0.29) is 24.2 Å². The van der Waals surface area contributed by atoms with E-state index in [0.717, 1.165) is 19.5 Å². The molecule has 0 radical (unpaired) electrons. The molecule has 6 heteroatoms. The third kappa shape index (κ3) is 3.08. The van der Waals surface area contributed by atoms with E-state index in [1.165, 1.54) is 12.1 Å². The van der Waals surface area contributed by atoms with Gasteiger partial charge in [-0.2, -0.15) is 0 Å². The molecule has 1 aliphatic heterocycles. The average molecular weight is 245 g/mol. The van der Waals surface area contributed by atoms with Crippen molar-refractivity contribution in [2.45, 2.75) is 12.5 Å². The standard InChI is InChI=1S/C10H12N2O3.ClH/c13-12(14)8-2-1-3-9(6-8)15-10-4-5-11-7-10;/h1-3,6,10-11H,4-5,7H2;1H. The van der Waals surface area contributed by atoms with Crippen LogP contribution in [0.3, 0.4) is 0 Å². The Kier molecular flexibility index (Phi) is 4.52. The molecule has 1 N–H and O–H groups in total. The zero-order chi connectivity index (χ0) is 10.7. The van der Waals surface area contributed by atoms with E-state index in [2.05, 4.69) is 5.32 Å². The van der Waals surface area contributed by atoms with Crippen molar-refractivity contribution in [1.82, 2.24) is 5.32 Å². The Morgan fingerprint density at radius 1 is 1.50 bits per heavy atom. The van der Waals surface area contributed by atoms with E-state index in [0.29, 0.717) is 5.75 Å². The normalized spacial score (nSPS) is 18.9. The van der Waals surface area contributed by atoms with E-state index in [1.807, 2.05) is 0 Å². The Bertz CT molecular complexity index is 367. The number of non-ortho nitro benzene ring substituents is 1. The molecule has 1 fully saturated rings. The van der Waals surface area contributed by atoms with Crippen LogP contribution in [0.25, 0.3) is 0 Å². The number of rotatable bonds is 3. The third-order valence-electron chi connectivity index (χ3n) is 2.35. The topological polar surface area (TPSA) is 64.4 Å². The molecule has 88 valence electrons. The van der Waals surface area contributed by atoms with E-state index in [1.54, 1.807) is 12.1 Å². The van der Waals surface area contributed by atoms with Crippen molar-refractivity contribution in [2.24, 2.45) is 0 Å². The minimum absolute atomic E-state index is 0. The van der Waals surface area contributed by atoms with Gasteiger partial charge in [0.1, 0.15) is 11.9 Å². The first-order valence-electron chi connectivity index (χ1n) is 4.87.